The van der Waals surface area contributed by atoms with E-state index in [2.05, 4.69) is 15.0 Å². The number of methoxy groups -OCH3 is 1. The molecule has 0 saturated carbocycles. The molecule has 11 heteroatoms. The van der Waals surface area contributed by atoms with Gasteiger partial charge in [0.05, 0.1) is 78.7 Å². The lowest BCUT2D eigenvalue weighted by Crippen LogP contribution is -2.14. The van der Waals surface area contributed by atoms with Gasteiger partial charge >= 0.3 is 0 Å². The van der Waals surface area contributed by atoms with Crippen LogP contribution >= 0.6 is 0 Å². The van der Waals surface area contributed by atoms with E-state index in [0.29, 0.717) is 79.2 Å². The smallest absolute Gasteiger partial charge is 0.130 e. The van der Waals surface area contributed by atoms with Gasteiger partial charge in [0, 0.05) is 23.0 Å². The van der Waals surface area contributed by atoms with Crippen molar-refractivity contribution in [2.24, 2.45) is 5.11 Å². The average Bonchev–Trinajstić information content (AvgIpc) is 2.85. The third-order valence-corrected chi connectivity index (χ3v) is 4.28. The van der Waals surface area contributed by atoms with E-state index in [9.17, 15) is 0 Å². The van der Waals surface area contributed by atoms with Gasteiger partial charge < -0.3 is 33.2 Å². The maximum absolute atomic E-state index is 8.12. The lowest BCUT2D eigenvalue weighted by molar-refractivity contribution is -0.0122. The zero-order valence-corrected chi connectivity index (χ0v) is 19.0. The quantitative estimate of drug-likeness (QED) is 0.127. The fraction of sp³-hybridized carbons (Fsp3) is 0.591. The van der Waals surface area contributed by atoms with Crippen LogP contribution in [0.15, 0.2) is 35.6 Å². The Hall–Kier alpha value is -2.66. The van der Waals surface area contributed by atoms with Crippen molar-refractivity contribution in [3.05, 3.63) is 40.9 Å². The molecule has 0 bridgehead atoms. The van der Waals surface area contributed by atoms with Gasteiger partial charge in [-0.05, 0) is 29.8 Å². The molecule has 0 aliphatic carbocycles. The SMILES string of the molecule is COc1ccc2nccc(OCCOCCOCCOCCOCCOCCN=[N+]=[N-])c2c1. The highest BCUT2D eigenvalue weighted by Gasteiger charge is 2.05. The van der Waals surface area contributed by atoms with E-state index in [-0.39, 0.29) is 0 Å². The second-order valence-electron chi connectivity index (χ2n) is 6.56. The van der Waals surface area contributed by atoms with Gasteiger partial charge in [-0.3, -0.25) is 4.98 Å². The third kappa shape index (κ3) is 11.7. The molecule has 0 aliphatic heterocycles. The van der Waals surface area contributed by atoms with Crippen LogP contribution in [0, 0.1) is 0 Å². The molecule has 1 aromatic heterocycles. The van der Waals surface area contributed by atoms with Gasteiger partial charge in [0.25, 0.3) is 0 Å². The first kappa shape index (κ1) is 26.6. The highest BCUT2D eigenvalue weighted by molar-refractivity contribution is 5.86. The van der Waals surface area contributed by atoms with Crippen LogP contribution in [0.4, 0.5) is 0 Å². The predicted molar refractivity (Wildman–Crippen MR) is 122 cm³/mol. The van der Waals surface area contributed by atoms with Crippen LogP contribution in [0.25, 0.3) is 21.3 Å². The summed E-state index contributed by atoms with van der Waals surface area (Å²) in [5, 5.41) is 4.27. The Morgan fingerprint density at radius 1 is 0.788 bits per heavy atom. The van der Waals surface area contributed by atoms with Crippen molar-refractivity contribution in [3.8, 4) is 11.5 Å². The second-order valence-corrected chi connectivity index (χ2v) is 6.56. The van der Waals surface area contributed by atoms with E-state index in [4.69, 9.17) is 38.7 Å². The lowest BCUT2D eigenvalue weighted by Gasteiger charge is -2.10. The Morgan fingerprint density at radius 2 is 1.36 bits per heavy atom. The van der Waals surface area contributed by atoms with Crippen molar-refractivity contribution < 1.29 is 33.2 Å². The second kappa shape index (κ2) is 17.8. The summed E-state index contributed by atoms with van der Waals surface area (Å²) in [6, 6.07) is 7.51. The number of hydrogen-bond acceptors (Lipinski definition) is 9. The number of hydrogen-bond donors (Lipinski definition) is 0. The molecule has 0 atom stereocenters. The van der Waals surface area contributed by atoms with Crippen LogP contribution in [-0.2, 0) is 23.7 Å². The van der Waals surface area contributed by atoms with Crippen LogP contribution in [-0.4, -0.2) is 91.3 Å². The molecule has 11 nitrogen and oxygen atoms in total. The fourth-order valence-electron chi connectivity index (χ4n) is 2.70. The number of rotatable bonds is 20. The Balaban J connectivity index is 1.38. The van der Waals surface area contributed by atoms with Gasteiger partial charge in [-0.25, -0.2) is 0 Å². The molecule has 0 aliphatic rings. The van der Waals surface area contributed by atoms with E-state index < -0.39 is 0 Å². The van der Waals surface area contributed by atoms with Crippen molar-refractivity contribution in [1.29, 1.82) is 0 Å². The summed E-state index contributed by atoms with van der Waals surface area (Å²) in [5.74, 6) is 1.51. The molecule has 1 heterocycles. The minimum absolute atomic E-state index is 0.331. The number of nitrogens with zero attached hydrogens (tertiary/aromatic N) is 4. The first-order valence-electron chi connectivity index (χ1n) is 10.8. The van der Waals surface area contributed by atoms with E-state index >= 15 is 0 Å². The zero-order chi connectivity index (χ0) is 23.4. The Morgan fingerprint density at radius 3 is 1.94 bits per heavy atom. The van der Waals surface area contributed by atoms with Crippen LogP contribution in [0.2, 0.25) is 0 Å². The zero-order valence-electron chi connectivity index (χ0n) is 19.0. The molecular formula is C22H32N4O7. The summed E-state index contributed by atoms with van der Waals surface area (Å²) >= 11 is 0. The summed E-state index contributed by atoms with van der Waals surface area (Å²) in [4.78, 5) is 6.97. The number of ether oxygens (including phenoxy) is 7. The molecule has 0 unspecified atom stereocenters. The van der Waals surface area contributed by atoms with Gasteiger partial charge in [0.2, 0.25) is 0 Å². The van der Waals surface area contributed by atoms with E-state index in [1.165, 1.54) is 0 Å². The molecule has 33 heavy (non-hydrogen) atoms. The number of pyridine rings is 1. The van der Waals surface area contributed by atoms with E-state index in [1.54, 1.807) is 13.3 Å². The van der Waals surface area contributed by atoms with Crippen molar-refractivity contribution in [3.63, 3.8) is 0 Å². The number of fused-ring (bicyclic) bond motifs is 1. The maximum atomic E-state index is 8.12. The van der Waals surface area contributed by atoms with Gasteiger partial charge in [-0.1, -0.05) is 5.11 Å². The molecule has 0 saturated heterocycles. The highest BCUT2D eigenvalue weighted by Crippen LogP contribution is 2.27. The van der Waals surface area contributed by atoms with Crippen molar-refractivity contribution in [1.82, 2.24) is 4.98 Å². The summed E-state index contributed by atoms with van der Waals surface area (Å²) in [6.45, 7) is 5.49. The van der Waals surface area contributed by atoms with Gasteiger partial charge in [0.15, 0.2) is 0 Å². The number of benzene rings is 1. The molecule has 0 amide bonds. The molecule has 1 aromatic carbocycles. The fourth-order valence-corrected chi connectivity index (χ4v) is 2.70. The van der Waals surface area contributed by atoms with Crippen LogP contribution < -0.4 is 9.47 Å². The molecule has 0 spiro atoms. The number of aromatic nitrogens is 1. The molecule has 182 valence electrons. The van der Waals surface area contributed by atoms with Gasteiger partial charge in [-0.15, -0.1) is 0 Å². The average molecular weight is 465 g/mol. The topological polar surface area (TPSA) is 126 Å². The standard InChI is InChI=1S/C22H32N4O7/c1-27-19-2-3-21-20(18-19)22(4-5-24-21)33-17-16-32-15-14-31-13-12-30-11-10-29-9-8-28-7-6-25-26-23/h2-5,18H,6-17H2,1H3. The monoisotopic (exact) mass is 464 g/mol. The normalized spacial score (nSPS) is 10.8. The Bertz CT molecular complexity index is 833. The first-order chi connectivity index (χ1) is 16.3. The van der Waals surface area contributed by atoms with Crippen LogP contribution in [0.1, 0.15) is 0 Å². The molecular weight excluding hydrogens is 432 g/mol. The first-order valence-corrected chi connectivity index (χ1v) is 10.8. The van der Waals surface area contributed by atoms with Gasteiger partial charge in [0.1, 0.15) is 18.1 Å². The minimum atomic E-state index is 0.331. The molecule has 2 aromatic rings. The molecule has 0 radical (unpaired) electrons. The summed E-state index contributed by atoms with van der Waals surface area (Å²) in [7, 11) is 1.63. The van der Waals surface area contributed by atoms with Gasteiger partial charge in [-0.2, -0.15) is 0 Å². The van der Waals surface area contributed by atoms with Crippen molar-refractivity contribution in [2.45, 2.75) is 0 Å². The highest BCUT2D eigenvalue weighted by atomic mass is 16.6. The summed E-state index contributed by atoms with van der Waals surface area (Å²) in [6.07, 6.45) is 1.72. The Labute approximate surface area is 193 Å². The third-order valence-electron chi connectivity index (χ3n) is 4.28. The maximum Gasteiger partial charge on any atom is 0.130 e. The summed E-state index contributed by atoms with van der Waals surface area (Å²) in [5.41, 5.74) is 8.97. The van der Waals surface area contributed by atoms with Crippen molar-refractivity contribution in [2.75, 3.05) is 86.3 Å². The predicted octanol–water partition coefficient (Wildman–Crippen LogP) is 3.02. The van der Waals surface area contributed by atoms with E-state index in [1.807, 2.05) is 24.3 Å². The van der Waals surface area contributed by atoms with Crippen LogP contribution in [0.5, 0.6) is 11.5 Å². The van der Waals surface area contributed by atoms with E-state index in [0.717, 1.165) is 22.4 Å². The molecule has 0 N–H and O–H groups in total. The molecule has 2 rings (SSSR count). The lowest BCUT2D eigenvalue weighted by atomic mass is 10.2. The molecule has 0 fully saturated rings. The minimum Gasteiger partial charge on any atom is -0.497 e. The largest absolute Gasteiger partial charge is 0.497 e. The number of azide groups is 1. The summed E-state index contributed by atoms with van der Waals surface area (Å²) < 4.78 is 38.1. The van der Waals surface area contributed by atoms with Crippen molar-refractivity contribution >= 4 is 10.9 Å². The van der Waals surface area contributed by atoms with Crippen LogP contribution in [0.3, 0.4) is 0 Å². The Kier molecular flexibility index (Phi) is 14.4.